The maximum absolute atomic E-state index is 13.8. The number of thiol groups is 1. The monoisotopic (exact) mass is 308 g/mol. The second kappa shape index (κ2) is 4.96. The number of hydrogen-bond acceptors (Lipinski definition) is 4. The van der Waals surface area contributed by atoms with Gasteiger partial charge in [-0.05, 0) is 13.0 Å². The van der Waals surface area contributed by atoms with Gasteiger partial charge in [-0.25, -0.2) is 13.8 Å². The van der Waals surface area contributed by atoms with Crippen LogP contribution in [0.1, 0.15) is 22.3 Å². The van der Waals surface area contributed by atoms with Crippen molar-refractivity contribution in [1.29, 1.82) is 0 Å². The predicted octanol–water partition coefficient (Wildman–Crippen LogP) is 2.02. The van der Waals surface area contributed by atoms with E-state index in [0.29, 0.717) is 5.82 Å². The van der Waals surface area contributed by atoms with E-state index < -0.39 is 22.4 Å². The van der Waals surface area contributed by atoms with E-state index in [0.717, 1.165) is 6.07 Å². The van der Waals surface area contributed by atoms with Crippen LogP contribution in [0.15, 0.2) is 29.1 Å². The van der Waals surface area contributed by atoms with E-state index in [1.807, 2.05) is 0 Å². The molecule has 1 unspecified atom stereocenters. The van der Waals surface area contributed by atoms with Crippen LogP contribution < -0.4 is 5.56 Å². The molecule has 0 spiro atoms. The Kier molecular flexibility index (Phi) is 3.25. The van der Waals surface area contributed by atoms with Crippen molar-refractivity contribution in [2.45, 2.75) is 12.2 Å². The van der Waals surface area contributed by atoms with E-state index in [-0.39, 0.29) is 17.0 Å². The Balaban J connectivity index is 2.15. The van der Waals surface area contributed by atoms with Gasteiger partial charge < -0.3 is 0 Å². The summed E-state index contributed by atoms with van der Waals surface area (Å²) >= 11 is 4.25. The molecule has 8 heteroatoms. The van der Waals surface area contributed by atoms with Crippen LogP contribution in [0.4, 0.5) is 8.78 Å². The smallest absolute Gasteiger partial charge is 0.274 e. The number of hydrogen-bond donors (Lipinski definition) is 2. The molecule has 108 valence electrons. The van der Waals surface area contributed by atoms with Crippen molar-refractivity contribution in [3.63, 3.8) is 0 Å². The molecule has 1 aromatic carbocycles. The Morgan fingerprint density at radius 1 is 1.33 bits per heavy atom. The molecule has 5 nitrogen and oxygen atoms in total. The largest absolute Gasteiger partial charge is 0.275 e. The lowest BCUT2D eigenvalue weighted by Gasteiger charge is -2.11. The molecular weight excluding hydrogens is 298 g/mol. The number of nitrogens with one attached hydrogen (secondary N) is 1. The van der Waals surface area contributed by atoms with Crippen LogP contribution >= 0.6 is 12.6 Å². The third-order valence-electron chi connectivity index (χ3n) is 3.02. The molecule has 0 saturated carbocycles. The lowest BCUT2D eigenvalue weighted by atomic mass is 10.1. The molecule has 0 fully saturated rings. The quantitative estimate of drug-likeness (QED) is 0.712. The predicted molar refractivity (Wildman–Crippen MR) is 75.5 cm³/mol. The summed E-state index contributed by atoms with van der Waals surface area (Å²) in [6, 6.07) is 5.00. The molecule has 1 N–H and O–H groups in total. The van der Waals surface area contributed by atoms with Crippen molar-refractivity contribution in [3.05, 3.63) is 63.3 Å². The lowest BCUT2D eigenvalue weighted by molar-refractivity contribution is 0.500. The molecule has 0 amide bonds. The summed E-state index contributed by atoms with van der Waals surface area (Å²) in [5.41, 5.74) is -0.173. The van der Waals surface area contributed by atoms with Crippen LogP contribution in [0.5, 0.6) is 0 Å². The molecular formula is C13H10F2N4OS. The van der Waals surface area contributed by atoms with Crippen LogP contribution in [0.3, 0.4) is 0 Å². The van der Waals surface area contributed by atoms with Crippen LogP contribution in [-0.4, -0.2) is 19.6 Å². The highest BCUT2D eigenvalue weighted by molar-refractivity contribution is 7.80. The molecule has 0 saturated heterocycles. The third-order valence-corrected chi connectivity index (χ3v) is 3.56. The Morgan fingerprint density at radius 3 is 2.86 bits per heavy atom. The fourth-order valence-electron chi connectivity index (χ4n) is 2.04. The molecule has 2 aromatic heterocycles. The Bertz CT molecular complexity index is 889. The van der Waals surface area contributed by atoms with Crippen molar-refractivity contribution in [2.24, 2.45) is 0 Å². The number of fused-ring (bicyclic) bond motifs is 1. The van der Waals surface area contributed by atoms with Gasteiger partial charge in [-0.15, -0.1) is 0 Å². The van der Waals surface area contributed by atoms with E-state index in [2.05, 4.69) is 27.7 Å². The summed E-state index contributed by atoms with van der Waals surface area (Å²) in [5, 5.41) is 1.86. The van der Waals surface area contributed by atoms with E-state index in [9.17, 15) is 13.6 Å². The molecule has 0 aliphatic carbocycles. The molecule has 0 aliphatic rings. The van der Waals surface area contributed by atoms with Crippen molar-refractivity contribution in [3.8, 4) is 0 Å². The summed E-state index contributed by atoms with van der Waals surface area (Å²) < 4.78 is 28.2. The molecule has 0 aliphatic heterocycles. The number of aryl methyl sites for hydroxylation is 1. The topological polar surface area (TPSA) is 63.1 Å². The van der Waals surface area contributed by atoms with Gasteiger partial charge in [0.1, 0.15) is 5.82 Å². The zero-order valence-corrected chi connectivity index (χ0v) is 11.7. The fourth-order valence-corrected chi connectivity index (χ4v) is 2.37. The molecule has 3 aromatic rings. The SMILES string of the molecule is Cc1nc2nc(C(S)c3cccc(F)c3F)cc(=O)n2[nH]1. The van der Waals surface area contributed by atoms with E-state index in [1.54, 1.807) is 6.92 Å². The minimum absolute atomic E-state index is 0.0156. The van der Waals surface area contributed by atoms with Gasteiger partial charge in [0.25, 0.3) is 11.3 Å². The Morgan fingerprint density at radius 2 is 2.10 bits per heavy atom. The zero-order valence-electron chi connectivity index (χ0n) is 10.8. The zero-order chi connectivity index (χ0) is 15.1. The molecule has 21 heavy (non-hydrogen) atoms. The maximum Gasteiger partial charge on any atom is 0.274 e. The van der Waals surface area contributed by atoms with Crippen LogP contribution in [-0.2, 0) is 0 Å². The average Bonchev–Trinajstić information content (AvgIpc) is 2.82. The highest BCUT2D eigenvalue weighted by Gasteiger charge is 2.19. The highest BCUT2D eigenvalue weighted by Crippen LogP contribution is 2.29. The first-order chi connectivity index (χ1) is 9.97. The van der Waals surface area contributed by atoms with E-state index in [4.69, 9.17) is 0 Å². The normalized spacial score (nSPS) is 12.8. The summed E-state index contributed by atoms with van der Waals surface area (Å²) in [5.74, 6) is -1.30. The second-order valence-electron chi connectivity index (χ2n) is 4.51. The minimum atomic E-state index is -1.00. The first kappa shape index (κ1) is 13.7. The van der Waals surface area contributed by atoms with Crippen LogP contribution in [0.2, 0.25) is 0 Å². The highest BCUT2D eigenvalue weighted by atomic mass is 32.1. The third kappa shape index (κ3) is 2.31. The number of H-pyrrole nitrogens is 1. The van der Waals surface area contributed by atoms with Gasteiger partial charge in [0, 0.05) is 11.6 Å². The number of benzene rings is 1. The first-order valence-electron chi connectivity index (χ1n) is 6.05. The number of aromatic amines is 1. The molecule has 1 atom stereocenters. The first-order valence-corrected chi connectivity index (χ1v) is 6.57. The molecule has 0 radical (unpaired) electrons. The van der Waals surface area contributed by atoms with Gasteiger partial charge in [-0.3, -0.25) is 9.89 Å². The summed E-state index contributed by atoms with van der Waals surface area (Å²) in [7, 11) is 0. The van der Waals surface area contributed by atoms with E-state index >= 15 is 0 Å². The average molecular weight is 308 g/mol. The Hall–Kier alpha value is -2.22. The van der Waals surface area contributed by atoms with Gasteiger partial charge in [0.2, 0.25) is 0 Å². The van der Waals surface area contributed by atoms with Gasteiger partial charge in [-0.1, -0.05) is 12.1 Å². The van der Waals surface area contributed by atoms with Gasteiger partial charge in [-0.2, -0.15) is 22.1 Å². The van der Waals surface area contributed by atoms with Crippen molar-refractivity contribution < 1.29 is 8.78 Å². The van der Waals surface area contributed by atoms with Gasteiger partial charge >= 0.3 is 0 Å². The van der Waals surface area contributed by atoms with Crippen molar-refractivity contribution >= 4 is 18.4 Å². The maximum atomic E-state index is 13.8. The number of halogens is 2. The Labute approximate surface area is 123 Å². The molecule has 0 bridgehead atoms. The standard InChI is InChI=1S/C13H10F2N4OS/c1-6-16-13-17-9(5-10(20)19(13)18-6)12(21)7-3-2-4-8(14)11(7)15/h2-5,12,21H,1H3,(H,16,17,18). The summed E-state index contributed by atoms with van der Waals surface area (Å²) in [6.07, 6.45) is 0. The van der Waals surface area contributed by atoms with Gasteiger partial charge in [0.05, 0.1) is 10.9 Å². The number of rotatable bonds is 2. The van der Waals surface area contributed by atoms with Crippen molar-refractivity contribution in [1.82, 2.24) is 19.6 Å². The van der Waals surface area contributed by atoms with E-state index in [1.165, 1.54) is 22.7 Å². The second-order valence-corrected chi connectivity index (χ2v) is 5.03. The van der Waals surface area contributed by atoms with Gasteiger partial charge in [0.15, 0.2) is 11.6 Å². The van der Waals surface area contributed by atoms with Crippen LogP contribution in [0.25, 0.3) is 5.78 Å². The number of aromatic nitrogens is 4. The van der Waals surface area contributed by atoms with Crippen molar-refractivity contribution in [2.75, 3.05) is 0 Å². The lowest BCUT2D eigenvalue weighted by Crippen LogP contribution is -2.17. The molecule has 2 heterocycles. The summed E-state index contributed by atoms with van der Waals surface area (Å²) in [4.78, 5) is 20.2. The van der Waals surface area contributed by atoms with Crippen LogP contribution in [0, 0.1) is 18.6 Å². The fraction of sp³-hybridized carbons (Fsp3) is 0.154. The minimum Gasteiger partial charge on any atom is -0.275 e. The number of nitrogens with zero attached hydrogens (tertiary/aromatic N) is 3. The molecule has 3 rings (SSSR count). The summed E-state index contributed by atoms with van der Waals surface area (Å²) in [6.45, 7) is 1.68.